The topological polar surface area (TPSA) is 68.7 Å². The van der Waals surface area contributed by atoms with Crippen LogP contribution in [0.3, 0.4) is 0 Å². The Morgan fingerprint density at radius 3 is 2.53 bits per heavy atom. The molecule has 0 radical (unpaired) electrons. The van der Waals surface area contributed by atoms with Crippen molar-refractivity contribution < 1.29 is 26.7 Å². The summed E-state index contributed by atoms with van der Waals surface area (Å²) >= 11 is 1.38. The lowest BCUT2D eigenvalue weighted by Crippen LogP contribution is -2.36. The van der Waals surface area contributed by atoms with E-state index in [0.29, 0.717) is 24.0 Å². The predicted octanol–water partition coefficient (Wildman–Crippen LogP) is 3.85. The first-order valence-corrected chi connectivity index (χ1v) is 11.3. The fraction of sp³-hybridized carbons (Fsp3) is 0.250. The van der Waals surface area contributed by atoms with Crippen molar-refractivity contribution in [1.29, 1.82) is 0 Å². The van der Waals surface area contributed by atoms with Crippen molar-refractivity contribution in [3.05, 3.63) is 58.6 Å². The Kier molecular flexibility index (Phi) is 5.48. The number of methoxy groups -OCH3 is 2. The number of ether oxygens (including phenoxy) is 2. The molecule has 0 amide bonds. The van der Waals surface area contributed by atoms with E-state index in [1.807, 2.05) is 12.1 Å². The molecule has 2 aromatic carbocycles. The van der Waals surface area contributed by atoms with Gasteiger partial charge < -0.3 is 9.47 Å². The molecule has 10 heteroatoms. The van der Waals surface area contributed by atoms with E-state index in [0.717, 1.165) is 33.3 Å². The van der Waals surface area contributed by atoms with Crippen molar-refractivity contribution in [1.82, 2.24) is 9.29 Å². The molecule has 30 heavy (non-hydrogen) atoms. The summed E-state index contributed by atoms with van der Waals surface area (Å²) in [6.07, 6.45) is 0.404. The summed E-state index contributed by atoms with van der Waals surface area (Å²) in [4.78, 5) is 4.91. The number of sulfonamides is 1. The minimum absolute atomic E-state index is 0.0828. The minimum atomic E-state index is -4.09. The molecule has 0 fully saturated rings. The second-order valence-electron chi connectivity index (χ2n) is 6.62. The Labute approximate surface area is 176 Å². The van der Waals surface area contributed by atoms with Crippen LogP contribution in [0.25, 0.3) is 10.6 Å². The summed E-state index contributed by atoms with van der Waals surface area (Å²) in [5.41, 5.74) is 1.64. The van der Waals surface area contributed by atoms with Gasteiger partial charge in [-0.2, -0.15) is 4.31 Å². The Morgan fingerprint density at radius 1 is 1.07 bits per heavy atom. The molecule has 2 heterocycles. The van der Waals surface area contributed by atoms with Crippen LogP contribution >= 0.6 is 11.3 Å². The van der Waals surface area contributed by atoms with E-state index in [1.54, 1.807) is 20.3 Å². The number of halogens is 2. The molecule has 0 N–H and O–H groups in total. The van der Waals surface area contributed by atoms with E-state index < -0.39 is 26.6 Å². The highest BCUT2D eigenvalue weighted by atomic mass is 32.2. The SMILES string of the molecule is COc1ccc(-c2nc3c(s2)CN(S(=O)(=O)c2ccc(F)cc2F)CC3)cc1OC. The molecule has 0 aliphatic carbocycles. The van der Waals surface area contributed by atoms with Gasteiger partial charge in [-0.25, -0.2) is 22.2 Å². The molecule has 6 nitrogen and oxygen atoms in total. The lowest BCUT2D eigenvalue weighted by molar-refractivity contribution is 0.355. The highest BCUT2D eigenvalue weighted by Gasteiger charge is 2.32. The van der Waals surface area contributed by atoms with E-state index in [-0.39, 0.29) is 13.1 Å². The largest absolute Gasteiger partial charge is 0.493 e. The van der Waals surface area contributed by atoms with Gasteiger partial charge in [0.25, 0.3) is 0 Å². The summed E-state index contributed by atoms with van der Waals surface area (Å²) in [6.45, 7) is 0.251. The van der Waals surface area contributed by atoms with Gasteiger partial charge in [0.15, 0.2) is 11.5 Å². The minimum Gasteiger partial charge on any atom is -0.493 e. The number of rotatable bonds is 5. The number of fused-ring (bicyclic) bond motifs is 1. The molecule has 0 bridgehead atoms. The average Bonchev–Trinajstić information content (AvgIpc) is 3.16. The van der Waals surface area contributed by atoms with E-state index >= 15 is 0 Å². The van der Waals surface area contributed by atoms with Gasteiger partial charge in [0.1, 0.15) is 21.5 Å². The fourth-order valence-electron chi connectivity index (χ4n) is 3.29. The maximum Gasteiger partial charge on any atom is 0.246 e. The Balaban J connectivity index is 1.63. The molecule has 0 saturated carbocycles. The molecule has 0 spiro atoms. The normalized spacial score (nSPS) is 14.4. The number of aromatic nitrogens is 1. The van der Waals surface area contributed by atoms with Gasteiger partial charge in [-0.15, -0.1) is 11.3 Å². The first kappa shape index (κ1) is 20.7. The molecular formula is C20H18F2N2O4S2. The van der Waals surface area contributed by atoms with Crippen molar-refractivity contribution in [2.45, 2.75) is 17.9 Å². The summed E-state index contributed by atoms with van der Waals surface area (Å²) in [5, 5.41) is 0.730. The van der Waals surface area contributed by atoms with E-state index in [2.05, 4.69) is 4.98 Å². The summed E-state index contributed by atoms with van der Waals surface area (Å²) in [5.74, 6) is -0.758. The molecule has 1 aliphatic rings. The van der Waals surface area contributed by atoms with Gasteiger partial charge in [0, 0.05) is 29.5 Å². The zero-order chi connectivity index (χ0) is 21.5. The third kappa shape index (κ3) is 3.66. The van der Waals surface area contributed by atoms with Crippen LogP contribution in [-0.2, 0) is 23.0 Å². The van der Waals surface area contributed by atoms with E-state index in [1.165, 1.54) is 15.6 Å². The zero-order valence-corrected chi connectivity index (χ0v) is 17.8. The van der Waals surface area contributed by atoms with Gasteiger partial charge in [-0.1, -0.05) is 0 Å². The van der Waals surface area contributed by atoms with Crippen LogP contribution in [0.4, 0.5) is 8.78 Å². The lowest BCUT2D eigenvalue weighted by atomic mass is 10.2. The van der Waals surface area contributed by atoms with Crippen molar-refractivity contribution in [2.24, 2.45) is 0 Å². The highest BCUT2D eigenvalue weighted by Crippen LogP contribution is 2.37. The third-order valence-corrected chi connectivity index (χ3v) is 7.85. The molecule has 0 unspecified atom stereocenters. The fourth-order valence-corrected chi connectivity index (χ4v) is 5.95. The first-order valence-electron chi connectivity index (χ1n) is 8.99. The van der Waals surface area contributed by atoms with Crippen molar-refractivity contribution >= 4 is 21.4 Å². The number of hydrogen-bond acceptors (Lipinski definition) is 6. The molecular weight excluding hydrogens is 434 g/mol. The Morgan fingerprint density at radius 2 is 1.83 bits per heavy atom. The second kappa shape index (κ2) is 7.93. The summed E-state index contributed by atoms with van der Waals surface area (Å²) in [6, 6.07) is 7.91. The molecule has 4 rings (SSSR count). The van der Waals surface area contributed by atoms with Crippen LogP contribution < -0.4 is 9.47 Å². The van der Waals surface area contributed by atoms with Gasteiger partial charge in [-0.3, -0.25) is 0 Å². The van der Waals surface area contributed by atoms with Crippen LogP contribution in [0.2, 0.25) is 0 Å². The third-order valence-electron chi connectivity index (χ3n) is 4.84. The molecule has 158 valence electrons. The maximum absolute atomic E-state index is 14.1. The van der Waals surface area contributed by atoms with Crippen LogP contribution in [-0.4, -0.2) is 38.5 Å². The van der Waals surface area contributed by atoms with Crippen LogP contribution in [0.5, 0.6) is 11.5 Å². The standard InChI is InChI=1S/C20H18F2N2O4S2/c1-27-16-5-3-12(9-17(16)28-2)20-23-15-7-8-24(11-18(15)29-20)30(25,26)19-6-4-13(21)10-14(19)22/h3-6,9-10H,7-8,11H2,1-2H3. The zero-order valence-electron chi connectivity index (χ0n) is 16.2. The van der Waals surface area contributed by atoms with Crippen molar-refractivity contribution in [3.63, 3.8) is 0 Å². The quantitative estimate of drug-likeness (QED) is 0.588. The number of nitrogens with zero attached hydrogens (tertiary/aromatic N) is 2. The molecule has 1 aromatic heterocycles. The maximum atomic E-state index is 14.1. The van der Waals surface area contributed by atoms with Crippen LogP contribution in [0.15, 0.2) is 41.3 Å². The number of benzene rings is 2. The van der Waals surface area contributed by atoms with Gasteiger partial charge >= 0.3 is 0 Å². The van der Waals surface area contributed by atoms with Crippen LogP contribution in [0.1, 0.15) is 10.6 Å². The number of thiazole rings is 1. The van der Waals surface area contributed by atoms with Crippen LogP contribution in [0, 0.1) is 11.6 Å². The monoisotopic (exact) mass is 452 g/mol. The lowest BCUT2D eigenvalue weighted by Gasteiger charge is -2.25. The molecule has 0 saturated heterocycles. The number of hydrogen-bond donors (Lipinski definition) is 0. The van der Waals surface area contributed by atoms with Crippen molar-refractivity contribution in [2.75, 3.05) is 20.8 Å². The van der Waals surface area contributed by atoms with E-state index in [9.17, 15) is 17.2 Å². The summed E-state index contributed by atoms with van der Waals surface area (Å²) < 4.78 is 64.8. The van der Waals surface area contributed by atoms with Gasteiger partial charge in [0.2, 0.25) is 10.0 Å². The van der Waals surface area contributed by atoms with Crippen molar-refractivity contribution in [3.8, 4) is 22.1 Å². The Hall–Kier alpha value is -2.56. The second-order valence-corrected chi connectivity index (χ2v) is 9.61. The molecule has 1 aliphatic heterocycles. The molecule has 3 aromatic rings. The summed E-state index contributed by atoms with van der Waals surface area (Å²) in [7, 11) is -0.992. The average molecular weight is 453 g/mol. The Bertz CT molecular complexity index is 1210. The van der Waals surface area contributed by atoms with Gasteiger partial charge in [-0.05, 0) is 30.3 Å². The van der Waals surface area contributed by atoms with Gasteiger partial charge in [0.05, 0.1) is 26.5 Å². The first-order chi connectivity index (χ1) is 14.3. The predicted molar refractivity (Wildman–Crippen MR) is 108 cm³/mol. The van der Waals surface area contributed by atoms with E-state index in [4.69, 9.17) is 9.47 Å². The molecule has 0 atom stereocenters. The smallest absolute Gasteiger partial charge is 0.246 e. The highest BCUT2D eigenvalue weighted by molar-refractivity contribution is 7.89.